The van der Waals surface area contributed by atoms with Crippen LogP contribution in [0.25, 0.3) is 0 Å². The lowest BCUT2D eigenvalue weighted by atomic mass is 9.30. The highest BCUT2D eigenvalue weighted by Gasteiger charge is 2.46. The number of rotatable bonds is 2. The minimum Gasteiger partial charge on any atom is -0.312 e. The Morgan fingerprint density at radius 3 is 1.87 bits per heavy atom. The first-order valence-electron chi connectivity index (χ1n) is 13.8. The monoisotopic (exact) mass is 492 g/mol. The van der Waals surface area contributed by atoms with E-state index in [-0.39, 0.29) is 6.71 Å². The number of hydrogen-bond donors (Lipinski definition) is 0. The van der Waals surface area contributed by atoms with Crippen LogP contribution in [-0.4, -0.2) is 6.71 Å². The van der Waals surface area contributed by atoms with Crippen molar-refractivity contribution in [3.63, 3.8) is 0 Å². The van der Waals surface area contributed by atoms with Crippen molar-refractivity contribution in [2.45, 2.75) is 34.6 Å². The molecule has 3 aliphatic rings. The lowest BCUT2D eigenvalue weighted by Gasteiger charge is -2.47. The smallest absolute Gasteiger partial charge is 0.247 e. The van der Waals surface area contributed by atoms with Gasteiger partial charge < -0.3 is 9.80 Å². The Hall–Kier alpha value is -3.98. The van der Waals surface area contributed by atoms with Crippen molar-refractivity contribution in [1.29, 1.82) is 0 Å². The summed E-state index contributed by atoms with van der Waals surface area (Å²) in [5.41, 5.74) is 15.8. The normalized spacial score (nSPS) is 19.3. The number of fused-ring (bicyclic) bond motifs is 3. The minimum atomic E-state index is 0.234. The maximum Gasteiger partial charge on any atom is 0.247 e. The minimum absolute atomic E-state index is 0.234. The number of aryl methyl sites for hydroxylation is 3. The molecular weight excluding hydrogens is 459 g/mol. The largest absolute Gasteiger partial charge is 0.312 e. The van der Waals surface area contributed by atoms with Crippen molar-refractivity contribution in [2.24, 2.45) is 11.8 Å². The molecule has 0 spiro atoms. The van der Waals surface area contributed by atoms with E-state index in [2.05, 4.69) is 141 Å². The van der Waals surface area contributed by atoms with Crippen LogP contribution in [0.5, 0.6) is 0 Å². The van der Waals surface area contributed by atoms with Crippen LogP contribution in [0, 0.1) is 32.6 Å². The van der Waals surface area contributed by atoms with Crippen LogP contribution in [0.1, 0.15) is 30.5 Å². The summed E-state index contributed by atoms with van der Waals surface area (Å²) in [5.74, 6) is 0.931. The SMILES string of the molecule is Cc1ccc(N2C3=C(B4c5ccc(C)cc5N(c5ccc(C)cc5)c5cccc2c54)C(C)C(C)C=C3)cc1. The molecule has 3 heteroatoms. The van der Waals surface area contributed by atoms with Crippen LogP contribution < -0.4 is 20.7 Å². The lowest BCUT2D eigenvalue weighted by Crippen LogP contribution is -2.57. The summed E-state index contributed by atoms with van der Waals surface area (Å²) in [4.78, 5) is 5.00. The molecule has 2 atom stereocenters. The summed E-state index contributed by atoms with van der Waals surface area (Å²) in [6, 6.07) is 31.9. The van der Waals surface area contributed by atoms with Crippen molar-refractivity contribution in [2.75, 3.05) is 9.80 Å². The predicted molar refractivity (Wildman–Crippen MR) is 163 cm³/mol. The van der Waals surface area contributed by atoms with E-state index in [1.54, 1.807) is 0 Å². The molecule has 2 unspecified atom stereocenters. The van der Waals surface area contributed by atoms with Gasteiger partial charge in [-0.25, -0.2) is 0 Å². The van der Waals surface area contributed by atoms with Crippen LogP contribution in [0.15, 0.2) is 108 Å². The molecule has 0 radical (unpaired) electrons. The molecule has 2 nitrogen and oxygen atoms in total. The van der Waals surface area contributed by atoms with Gasteiger partial charge in [0, 0.05) is 34.1 Å². The standard InChI is InChI=1S/C35H33BN2/c1-22-9-15-27(16-10-22)37-30-7-6-8-31-35(30)36(34-26(5)25(4)14-20-32(34)37)29-19-13-24(3)21-33(29)38(31)28-17-11-23(2)12-18-28/h6-21,25-26H,1-5H3. The Morgan fingerprint density at radius 2 is 1.21 bits per heavy atom. The highest BCUT2D eigenvalue weighted by molar-refractivity contribution is 6.95. The second-order valence-corrected chi connectivity index (χ2v) is 11.4. The zero-order chi connectivity index (χ0) is 26.1. The van der Waals surface area contributed by atoms with Gasteiger partial charge in [-0.3, -0.25) is 0 Å². The van der Waals surface area contributed by atoms with E-state index in [1.807, 2.05) is 0 Å². The quantitative estimate of drug-likeness (QED) is 0.264. The van der Waals surface area contributed by atoms with E-state index < -0.39 is 0 Å². The Labute approximate surface area is 227 Å². The molecule has 0 amide bonds. The second-order valence-electron chi connectivity index (χ2n) is 11.4. The third-order valence-corrected chi connectivity index (χ3v) is 8.84. The molecule has 0 fully saturated rings. The van der Waals surface area contributed by atoms with Crippen LogP contribution in [-0.2, 0) is 0 Å². The zero-order valence-corrected chi connectivity index (χ0v) is 22.9. The van der Waals surface area contributed by atoms with Crippen LogP contribution >= 0.6 is 0 Å². The number of allylic oxidation sites excluding steroid dienone is 3. The van der Waals surface area contributed by atoms with Crippen molar-refractivity contribution in [3.05, 3.63) is 125 Å². The average molecular weight is 492 g/mol. The number of nitrogens with zero attached hydrogens (tertiary/aromatic N) is 2. The fourth-order valence-electron chi connectivity index (χ4n) is 6.64. The van der Waals surface area contributed by atoms with Gasteiger partial charge in [0.2, 0.25) is 6.71 Å². The molecule has 0 bridgehead atoms. The van der Waals surface area contributed by atoms with Gasteiger partial charge in [0.1, 0.15) is 0 Å². The van der Waals surface area contributed by atoms with E-state index in [4.69, 9.17) is 0 Å². The summed E-state index contributed by atoms with van der Waals surface area (Å²) < 4.78 is 0. The maximum absolute atomic E-state index is 2.51. The molecule has 4 aromatic rings. The molecule has 0 N–H and O–H groups in total. The fraction of sp³-hybridized carbons (Fsp3) is 0.200. The summed E-state index contributed by atoms with van der Waals surface area (Å²) in [6.45, 7) is 11.5. The van der Waals surface area contributed by atoms with Gasteiger partial charge in [0.25, 0.3) is 0 Å². The third kappa shape index (κ3) is 3.34. The first kappa shape index (κ1) is 23.2. The van der Waals surface area contributed by atoms with Gasteiger partial charge in [-0.15, -0.1) is 0 Å². The Balaban J connectivity index is 1.57. The summed E-state index contributed by atoms with van der Waals surface area (Å²) >= 11 is 0. The van der Waals surface area contributed by atoms with Crippen molar-refractivity contribution >= 4 is 46.1 Å². The fourth-order valence-corrected chi connectivity index (χ4v) is 6.64. The zero-order valence-electron chi connectivity index (χ0n) is 22.9. The van der Waals surface area contributed by atoms with Crippen molar-refractivity contribution in [1.82, 2.24) is 0 Å². The predicted octanol–water partition coefficient (Wildman–Crippen LogP) is 7.79. The second kappa shape index (κ2) is 8.53. The first-order valence-corrected chi connectivity index (χ1v) is 13.8. The van der Waals surface area contributed by atoms with E-state index in [9.17, 15) is 0 Å². The first-order chi connectivity index (χ1) is 18.4. The van der Waals surface area contributed by atoms with Gasteiger partial charge in [-0.05, 0) is 97.6 Å². The molecule has 186 valence electrons. The highest BCUT2D eigenvalue weighted by Crippen LogP contribution is 2.47. The van der Waals surface area contributed by atoms with E-state index in [0.29, 0.717) is 11.8 Å². The third-order valence-electron chi connectivity index (χ3n) is 8.84. The van der Waals surface area contributed by atoms with E-state index in [1.165, 1.54) is 67.2 Å². The molecule has 2 aliphatic heterocycles. The van der Waals surface area contributed by atoms with Crippen molar-refractivity contribution in [3.8, 4) is 0 Å². The van der Waals surface area contributed by atoms with Gasteiger partial charge in [0.05, 0.1) is 0 Å². The van der Waals surface area contributed by atoms with Crippen LogP contribution in [0.3, 0.4) is 0 Å². The Morgan fingerprint density at radius 1 is 0.632 bits per heavy atom. The maximum atomic E-state index is 2.51. The van der Waals surface area contributed by atoms with E-state index >= 15 is 0 Å². The molecule has 0 saturated heterocycles. The molecule has 38 heavy (non-hydrogen) atoms. The highest BCUT2D eigenvalue weighted by atomic mass is 15.2. The summed E-state index contributed by atoms with van der Waals surface area (Å²) in [6.07, 6.45) is 4.78. The van der Waals surface area contributed by atoms with Gasteiger partial charge in [-0.2, -0.15) is 0 Å². The van der Waals surface area contributed by atoms with E-state index in [0.717, 1.165) is 0 Å². The number of anilines is 5. The number of benzene rings is 4. The van der Waals surface area contributed by atoms with Gasteiger partial charge >= 0.3 is 0 Å². The molecule has 2 heterocycles. The Kier molecular flexibility index (Phi) is 5.20. The molecular formula is C35H33BN2. The molecule has 7 rings (SSSR count). The Bertz CT molecular complexity index is 1630. The molecule has 1 aliphatic carbocycles. The van der Waals surface area contributed by atoms with Crippen LogP contribution in [0.2, 0.25) is 0 Å². The lowest BCUT2D eigenvalue weighted by molar-refractivity contribution is 0.535. The summed E-state index contributed by atoms with van der Waals surface area (Å²) in [7, 11) is 0. The van der Waals surface area contributed by atoms with Crippen molar-refractivity contribution < 1.29 is 0 Å². The average Bonchev–Trinajstić information content (AvgIpc) is 2.92. The van der Waals surface area contributed by atoms with Gasteiger partial charge in [-0.1, -0.05) is 79.0 Å². The number of hydrogen-bond acceptors (Lipinski definition) is 2. The topological polar surface area (TPSA) is 6.48 Å². The van der Waals surface area contributed by atoms with Gasteiger partial charge in [0.15, 0.2) is 0 Å². The van der Waals surface area contributed by atoms with Crippen LogP contribution in [0.4, 0.5) is 28.4 Å². The molecule has 0 aromatic heterocycles. The summed E-state index contributed by atoms with van der Waals surface area (Å²) in [5, 5.41) is 0. The molecule has 0 saturated carbocycles. The molecule has 4 aromatic carbocycles.